The summed E-state index contributed by atoms with van der Waals surface area (Å²) in [5.74, 6) is 3.46. The van der Waals surface area contributed by atoms with Gasteiger partial charge < -0.3 is 5.32 Å². The molecule has 2 rings (SSSR count). The van der Waals surface area contributed by atoms with Crippen molar-refractivity contribution in [3.63, 3.8) is 0 Å². The van der Waals surface area contributed by atoms with E-state index in [-0.39, 0.29) is 5.41 Å². The molecule has 114 valence electrons. The van der Waals surface area contributed by atoms with Gasteiger partial charge in [0.2, 0.25) is 0 Å². The molecule has 1 heteroatoms. The molecule has 0 aromatic heterocycles. The summed E-state index contributed by atoms with van der Waals surface area (Å²) >= 11 is 0. The monoisotopic (exact) mass is 283 g/mol. The van der Waals surface area contributed by atoms with Gasteiger partial charge in [-0.3, -0.25) is 0 Å². The van der Waals surface area contributed by atoms with Gasteiger partial charge in [-0.25, -0.2) is 0 Å². The Balaban J connectivity index is 2.61. The number of rotatable bonds is 4. The van der Waals surface area contributed by atoms with Crippen LogP contribution in [0.2, 0.25) is 0 Å². The van der Waals surface area contributed by atoms with Crippen molar-refractivity contribution in [3.05, 3.63) is 34.9 Å². The first-order valence-electron chi connectivity index (χ1n) is 8.36. The van der Waals surface area contributed by atoms with Gasteiger partial charge in [0.1, 0.15) is 0 Å². The molecule has 1 saturated heterocycles. The second-order valence-corrected chi connectivity index (χ2v) is 6.48. The minimum absolute atomic E-state index is 0.230. The number of hydrogen-bond acceptors (Lipinski definition) is 1. The first-order valence-corrected chi connectivity index (χ1v) is 8.36. The van der Waals surface area contributed by atoms with Crippen LogP contribution in [0.1, 0.15) is 56.7 Å². The molecular weight excluding hydrogens is 254 g/mol. The Labute approximate surface area is 130 Å². The summed E-state index contributed by atoms with van der Waals surface area (Å²) in [7, 11) is 0. The number of piperidine rings is 1. The largest absolute Gasteiger partial charge is 0.314 e. The minimum atomic E-state index is 0.230. The van der Waals surface area contributed by atoms with Crippen LogP contribution >= 0.6 is 0 Å². The zero-order chi connectivity index (χ0) is 15.5. The van der Waals surface area contributed by atoms with E-state index in [4.69, 9.17) is 6.42 Å². The molecule has 0 aliphatic carbocycles. The number of aryl methyl sites for hydroxylation is 2. The lowest BCUT2D eigenvalue weighted by atomic mass is 9.59. The van der Waals surface area contributed by atoms with E-state index >= 15 is 0 Å². The standard InChI is InChI=1S/C20H29N/c1-6-10-18-16(5)21-14-13-20(18,8-3)19-15(4)11-9-12-17(19)7-2/h1,9,11-12,16,18,21H,7-8,10,13-14H2,2-5H3. The van der Waals surface area contributed by atoms with Crippen LogP contribution in [-0.4, -0.2) is 12.6 Å². The average Bonchev–Trinajstić information content (AvgIpc) is 2.49. The number of nitrogens with one attached hydrogen (secondary N) is 1. The van der Waals surface area contributed by atoms with Crippen molar-refractivity contribution < 1.29 is 0 Å². The third-order valence-corrected chi connectivity index (χ3v) is 5.56. The summed E-state index contributed by atoms with van der Waals surface area (Å²) in [4.78, 5) is 0. The minimum Gasteiger partial charge on any atom is -0.314 e. The Bertz CT molecular complexity index is 525. The molecule has 1 N–H and O–H groups in total. The Morgan fingerprint density at radius 3 is 2.76 bits per heavy atom. The molecule has 3 unspecified atom stereocenters. The summed E-state index contributed by atoms with van der Waals surface area (Å²) in [6.45, 7) is 10.3. The second kappa shape index (κ2) is 6.67. The van der Waals surface area contributed by atoms with Crippen LogP contribution in [0.25, 0.3) is 0 Å². The predicted molar refractivity (Wildman–Crippen MR) is 91.5 cm³/mol. The number of benzene rings is 1. The van der Waals surface area contributed by atoms with Crippen molar-refractivity contribution in [2.45, 2.75) is 64.8 Å². The van der Waals surface area contributed by atoms with E-state index in [1.807, 2.05) is 0 Å². The van der Waals surface area contributed by atoms with Crippen LogP contribution in [-0.2, 0) is 11.8 Å². The van der Waals surface area contributed by atoms with Crippen LogP contribution in [0, 0.1) is 25.2 Å². The Morgan fingerprint density at radius 1 is 1.38 bits per heavy atom. The summed E-state index contributed by atoms with van der Waals surface area (Å²) in [5.41, 5.74) is 4.76. The van der Waals surface area contributed by atoms with Gasteiger partial charge in [0.05, 0.1) is 0 Å². The lowest BCUT2D eigenvalue weighted by Crippen LogP contribution is -2.53. The highest BCUT2D eigenvalue weighted by Gasteiger charge is 2.45. The molecule has 1 heterocycles. The van der Waals surface area contributed by atoms with E-state index < -0.39 is 0 Å². The molecule has 1 aromatic rings. The van der Waals surface area contributed by atoms with Gasteiger partial charge in [0.15, 0.2) is 0 Å². The third kappa shape index (κ3) is 2.74. The molecule has 0 saturated carbocycles. The highest BCUT2D eigenvalue weighted by Crippen LogP contribution is 2.47. The maximum atomic E-state index is 5.71. The molecule has 1 fully saturated rings. The van der Waals surface area contributed by atoms with Gasteiger partial charge >= 0.3 is 0 Å². The number of hydrogen-bond donors (Lipinski definition) is 1. The molecule has 1 aromatic carbocycles. The van der Waals surface area contributed by atoms with E-state index in [1.54, 1.807) is 5.56 Å². The highest BCUT2D eigenvalue weighted by atomic mass is 14.9. The zero-order valence-electron chi connectivity index (χ0n) is 14.0. The van der Waals surface area contributed by atoms with Gasteiger partial charge in [-0.05, 0) is 62.3 Å². The van der Waals surface area contributed by atoms with E-state index in [0.717, 1.165) is 19.4 Å². The topological polar surface area (TPSA) is 12.0 Å². The first kappa shape index (κ1) is 16.1. The Kier molecular flexibility index (Phi) is 5.12. The quantitative estimate of drug-likeness (QED) is 0.816. The molecule has 0 spiro atoms. The van der Waals surface area contributed by atoms with Crippen molar-refractivity contribution in [2.24, 2.45) is 5.92 Å². The van der Waals surface area contributed by atoms with Crippen LogP contribution in [0.15, 0.2) is 18.2 Å². The third-order valence-electron chi connectivity index (χ3n) is 5.56. The van der Waals surface area contributed by atoms with Crippen LogP contribution in [0.4, 0.5) is 0 Å². The fourth-order valence-electron chi connectivity index (χ4n) is 4.49. The normalized spacial score (nSPS) is 29.1. The molecule has 21 heavy (non-hydrogen) atoms. The van der Waals surface area contributed by atoms with Crippen LogP contribution < -0.4 is 5.32 Å². The fourth-order valence-corrected chi connectivity index (χ4v) is 4.49. The van der Waals surface area contributed by atoms with Crippen molar-refractivity contribution in [1.29, 1.82) is 0 Å². The maximum absolute atomic E-state index is 5.71. The molecule has 0 radical (unpaired) electrons. The van der Waals surface area contributed by atoms with E-state index in [2.05, 4.69) is 57.1 Å². The summed E-state index contributed by atoms with van der Waals surface area (Å²) in [6, 6.07) is 7.26. The summed E-state index contributed by atoms with van der Waals surface area (Å²) < 4.78 is 0. The van der Waals surface area contributed by atoms with Gasteiger partial charge in [-0.2, -0.15) is 0 Å². The van der Waals surface area contributed by atoms with Crippen molar-refractivity contribution in [3.8, 4) is 12.3 Å². The van der Waals surface area contributed by atoms with E-state index in [1.165, 1.54) is 24.0 Å². The number of terminal acetylenes is 1. The molecule has 3 atom stereocenters. The summed E-state index contributed by atoms with van der Waals surface area (Å²) in [5, 5.41) is 3.64. The van der Waals surface area contributed by atoms with Gasteiger partial charge in [-0.1, -0.05) is 32.0 Å². The molecule has 1 nitrogen and oxygen atoms in total. The van der Waals surface area contributed by atoms with Crippen molar-refractivity contribution in [1.82, 2.24) is 5.32 Å². The van der Waals surface area contributed by atoms with Gasteiger partial charge in [0, 0.05) is 17.9 Å². The van der Waals surface area contributed by atoms with Crippen molar-refractivity contribution >= 4 is 0 Å². The molecule has 0 bridgehead atoms. The zero-order valence-corrected chi connectivity index (χ0v) is 14.0. The van der Waals surface area contributed by atoms with E-state index in [0.29, 0.717) is 12.0 Å². The van der Waals surface area contributed by atoms with Crippen LogP contribution in [0.3, 0.4) is 0 Å². The fraction of sp³-hybridized carbons (Fsp3) is 0.600. The van der Waals surface area contributed by atoms with Gasteiger partial charge in [0.25, 0.3) is 0 Å². The molecular formula is C20H29N. The average molecular weight is 283 g/mol. The van der Waals surface area contributed by atoms with Gasteiger partial charge in [-0.15, -0.1) is 12.3 Å². The Hall–Kier alpha value is -1.26. The Morgan fingerprint density at radius 2 is 2.14 bits per heavy atom. The lowest BCUT2D eigenvalue weighted by molar-refractivity contribution is 0.149. The predicted octanol–water partition coefficient (Wildman–Crippen LogP) is 4.23. The molecule has 0 amide bonds. The maximum Gasteiger partial charge on any atom is 0.0138 e. The van der Waals surface area contributed by atoms with Crippen LogP contribution in [0.5, 0.6) is 0 Å². The van der Waals surface area contributed by atoms with Crippen molar-refractivity contribution in [2.75, 3.05) is 6.54 Å². The molecule has 1 aliphatic heterocycles. The molecule has 1 aliphatic rings. The lowest BCUT2D eigenvalue weighted by Gasteiger charge is -2.49. The summed E-state index contributed by atoms with van der Waals surface area (Å²) in [6.07, 6.45) is 10.0. The highest BCUT2D eigenvalue weighted by molar-refractivity contribution is 5.42. The van der Waals surface area contributed by atoms with E-state index in [9.17, 15) is 0 Å². The SMILES string of the molecule is C#CCC1C(C)NCCC1(CC)c1c(C)cccc1CC. The second-order valence-electron chi connectivity index (χ2n) is 6.48. The first-order chi connectivity index (χ1) is 10.1. The smallest absolute Gasteiger partial charge is 0.0138 e.